The first-order valence-corrected chi connectivity index (χ1v) is 8.21. The Hall–Kier alpha value is -2.37. The number of nitrogens with zero attached hydrogens (tertiary/aromatic N) is 1. The van der Waals surface area contributed by atoms with E-state index in [9.17, 15) is 19.5 Å². The monoisotopic (exact) mass is 332 g/mol. The van der Waals surface area contributed by atoms with Crippen LogP contribution in [0.25, 0.3) is 0 Å². The van der Waals surface area contributed by atoms with Crippen LogP contribution in [0.4, 0.5) is 0 Å². The molecular formula is C18H24N2O4. The number of likely N-dealkylation sites (tertiary alicyclic amines) is 1. The van der Waals surface area contributed by atoms with Gasteiger partial charge >= 0.3 is 5.97 Å². The number of benzene rings is 1. The highest BCUT2D eigenvalue weighted by atomic mass is 16.4. The van der Waals surface area contributed by atoms with Gasteiger partial charge in [-0.1, -0.05) is 6.92 Å². The number of hydrogen-bond acceptors (Lipinski definition) is 3. The molecule has 130 valence electrons. The minimum Gasteiger partial charge on any atom is -0.481 e. The lowest BCUT2D eigenvalue weighted by Gasteiger charge is -2.34. The van der Waals surface area contributed by atoms with Crippen molar-refractivity contribution in [2.24, 2.45) is 11.8 Å². The van der Waals surface area contributed by atoms with Crippen LogP contribution < -0.4 is 5.32 Å². The molecule has 1 aromatic rings. The van der Waals surface area contributed by atoms with Crippen LogP contribution in [0.5, 0.6) is 0 Å². The van der Waals surface area contributed by atoms with Crippen LogP contribution in [0.15, 0.2) is 24.3 Å². The number of carbonyl (C=O) groups is 3. The lowest BCUT2D eigenvalue weighted by Crippen LogP contribution is -2.45. The molecule has 2 N–H and O–H groups in total. The molecule has 1 aliphatic rings. The van der Waals surface area contributed by atoms with Gasteiger partial charge in [0.1, 0.15) is 0 Å². The summed E-state index contributed by atoms with van der Waals surface area (Å²) in [5, 5.41) is 12.0. The van der Waals surface area contributed by atoms with Crippen LogP contribution in [-0.2, 0) is 4.79 Å². The lowest BCUT2D eigenvalue weighted by atomic mass is 9.90. The Kier molecular flexibility index (Phi) is 5.59. The molecule has 1 aromatic carbocycles. The maximum absolute atomic E-state index is 12.6. The number of hydrogen-bond donors (Lipinski definition) is 2. The van der Waals surface area contributed by atoms with Crippen molar-refractivity contribution >= 4 is 17.8 Å². The van der Waals surface area contributed by atoms with E-state index in [-0.39, 0.29) is 30.3 Å². The molecule has 1 fully saturated rings. The number of carbonyl (C=O) groups excluding carboxylic acids is 2. The molecular weight excluding hydrogens is 308 g/mol. The van der Waals surface area contributed by atoms with E-state index in [0.717, 1.165) is 0 Å². The fourth-order valence-electron chi connectivity index (χ4n) is 2.99. The Morgan fingerprint density at radius 1 is 1.12 bits per heavy atom. The van der Waals surface area contributed by atoms with Gasteiger partial charge in [-0.05, 0) is 50.5 Å². The first-order chi connectivity index (χ1) is 11.3. The maximum atomic E-state index is 12.6. The SMILES string of the molecule is CC1CC(C(=O)O)CN(C(=O)c2ccc(C(=O)NC(C)C)cc2)C1. The number of rotatable bonds is 4. The summed E-state index contributed by atoms with van der Waals surface area (Å²) in [6.45, 7) is 6.50. The molecule has 2 rings (SSSR count). The third-order valence-electron chi connectivity index (χ3n) is 4.11. The highest BCUT2D eigenvalue weighted by Gasteiger charge is 2.32. The fourth-order valence-corrected chi connectivity index (χ4v) is 2.99. The van der Waals surface area contributed by atoms with Gasteiger partial charge in [0.2, 0.25) is 0 Å². The van der Waals surface area contributed by atoms with Crippen LogP contribution in [0.1, 0.15) is 47.9 Å². The van der Waals surface area contributed by atoms with Gasteiger partial charge in [0.15, 0.2) is 0 Å². The molecule has 0 saturated carbocycles. The largest absolute Gasteiger partial charge is 0.481 e. The maximum Gasteiger partial charge on any atom is 0.308 e. The van der Waals surface area contributed by atoms with Gasteiger partial charge in [-0.2, -0.15) is 0 Å². The minimum atomic E-state index is -0.861. The molecule has 6 nitrogen and oxygen atoms in total. The van der Waals surface area contributed by atoms with E-state index < -0.39 is 11.9 Å². The predicted octanol–water partition coefficient (Wildman–Crippen LogP) is 2.01. The minimum absolute atomic E-state index is 0.0431. The molecule has 2 amide bonds. The van der Waals surface area contributed by atoms with Crippen LogP contribution in [0.3, 0.4) is 0 Å². The summed E-state index contributed by atoms with van der Waals surface area (Å²) < 4.78 is 0. The molecule has 1 heterocycles. The van der Waals surface area contributed by atoms with E-state index in [1.807, 2.05) is 20.8 Å². The van der Waals surface area contributed by atoms with Crippen LogP contribution in [-0.4, -0.2) is 46.9 Å². The second kappa shape index (κ2) is 7.47. The smallest absolute Gasteiger partial charge is 0.308 e. The van der Waals surface area contributed by atoms with E-state index >= 15 is 0 Å². The van der Waals surface area contributed by atoms with Gasteiger partial charge in [0.05, 0.1) is 5.92 Å². The molecule has 0 aromatic heterocycles. The topological polar surface area (TPSA) is 86.7 Å². The Bertz CT molecular complexity index is 624. The zero-order valence-electron chi connectivity index (χ0n) is 14.3. The molecule has 2 atom stereocenters. The quantitative estimate of drug-likeness (QED) is 0.883. The van der Waals surface area contributed by atoms with Crippen molar-refractivity contribution in [3.05, 3.63) is 35.4 Å². The van der Waals surface area contributed by atoms with E-state index in [4.69, 9.17) is 0 Å². The van der Waals surface area contributed by atoms with Crippen molar-refractivity contribution in [2.75, 3.05) is 13.1 Å². The van der Waals surface area contributed by atoms with E-state index in [1.54, 1.807) is 29.2 Å². The summed E-state index contributed by atoms with van der Waals surface area (Å²) in [5.74, 6) is -1.60. The lowest BCUT2D eigenvalue weighted by molar-refractivity contribution is -0.143. The third kappa shape index (κ3) is 4.34. The normalized spacial score (nSPS) is 20.8. The summed E-state index contributed by atoms with van der Waals surface area (Å²) in [4.78, 5) is 37.4. The van der Waals surface area contributed by atoms with Crippen LogP contribution >= 0.6 is 0 Å². The Labute approximate surface area is 141 Å². The average Bonchev–Trinajstić information content (AvgIpc) is 2.53. The second-order valence-electron chi connectivity index (χ2n) is 6.79. The van der Waals surface area contributed by atoms with Crippen molar-refractivity contribution in [2.45, 2.75) is 33.2 Å². The summed E-state index contributed by atoms with van der Waals surface area (Å²) in [6.07, 6.45) is 0.591. The Balaban J connectivity index is 2.09. The van der Waals surface area contributed by atoms with Crippen LogP contribution in [0.2, 0.25) is 0 Å². The highest BCUT2D eigenvalue weighted by molar-refractivity contribution is 5.98. The fraction of sp³-hybridized carbons (Fsp3) is 0.500. The van der Waals surface area contributed by atoms with Gasteiger partial charge in [-0.15, -0.1) is 0 Å². The van der Waals surface area contributed by atoms with Crippen molar-refractivity contribution in [1.82, 2.24) is 10.2 Å². The molecule has 6 heteroatoms. The van der Waals surface area contributed by atoms with Gasteiger partial charge in [-0.3, -0.25) is 14.4 Å². The van der Waals surface area contributed by atoms with Crippen molar-refractivity contribution in [3.8, 4) is 0 Å². The molecule has 2 unspecified atom stereocenters. The molecule has 0 radical (unpaired) electrons. The van der Waals surface area contributed by atoms with E-state index in [0.29, 0.717) is 24.1 Å². The molecule has 0 spiro atoms. The van der Waals surface area contributed by atoms with Crippen LogP contribution in [0, 0.1) is 11.8 Å². The third-order valence-corrected chi connectivity index (χ3v) is 4.11. The first kappa shape index (κ1) is 18.0. The highest BCUT2D eigenvalue weighted by Crippen LogP contribution is 2.23. The Morgan fingerprint density at radius 2 is 1.71 bits per heavy atom. The summed E-state index contributed by atoms with van der Waals surface area (Å²) >= 11 is 0. The summed E-state index contributed by atoms with van der Waals surface area (Å²) in [6, 6.07) is 6.51. The summed E-state index contributed by atoms with van der Waals surface area (Å²) in [7, 11) is 0. The number of carboxylic acids is 1. The second-order valence-corrected chi connectivity index (χ2v) is 6.79. The molecule has 0 bridgehead atoms. The van der Waals surface area contributed by atoms with Gasteiger partial charge in [0.25, 0.3) is 11.8 Å². The van der Waals surface area contributed by atoms with Gasteiger partial charge in [-0.25, -0.2) is 0 Å². The van der Waals surface area contributed by atoms with Crippen molar-refractivity contribution < 1.29 is 19.5 Å². The molecule has 0 aliphatic carbocycles. The summed E-state index contributed by atoms with van der Waals surface area (Å²) in [5.41, 5.74) is 0.963. The average molecular weight is 332 g/mol. The van der Waals surface area contributed by atoms with Crippen molar-refractivity contribution in [1.29, 1.82) is 0 Å². The number of amides is 2. The van der Waals surface area contributed by atoms with E-state index in [2.05, 4.69) is 5.32 Å². The zero-order chi connectivity index (χ0) is 17.9. The predicted molar refractivity (Wildman–Crippen MR) is 89.9 cm³/mol. The first-order valence-electron chi connectivity index (χ1n) is 8.21. The number of nitrogens with one attached hydrogen (secondary N) is 1. The zero-order valence-corrected chi connectivity index (χ0v) is 14.3. The standard InChI is InChI=1S/C18H24N2O4/c1-11(2)19-16(21)13-4-6-14(7-5-13)17(22)20-9-12(3)8-15(10-20)18(23)24/h4-7,11-12,15H,8-10H2,1-3H3,(H,19,21)(H,23,24). The van der Waals surface area contributed by atoms with E-state index in [1.165, 1.54) is 0 Å². The van der Waals surface area contributed by atoms with Gasteiger partial charge < -0.3 is 15.3 Å². The molecule has 1 saturated heterocycles. The number of aliphatic carboxylic acids is 1. The number of carboxylic acid groups (broad SMARTS) is 1. The number of piperidine rings is 1. The van der Waals surface area contributed by atoms with Gasteiger partial charge in [0, 0.05) is 30.3 Å². The Morgan fingerprint density at radius 3 is 2.25 bits per heavy atom. The molecule has 1 aliphatic heterocycles. The van der Waals surface area contributed by atoms with Crippen molar-refractivity contribution in [3.63, 3.8) is 0 Å². The molecule has 24 heavy (non-hydrogen) atoms.